The van der Waals surface area contributed by atoms with Crippen LogP contribution in [0.2, 0.25) is 0 Å². The van der Waals surface area contributed by atoms with Gasteiger partial charge in [-0.3, -0.25) is 20.3 Å². The van der Waals surface area contributed by atoms with E-state index in [0.717, 1.165) is 6.21 Å². The quantitative estimate of drug-likeness (QED) is 0.380. The SMILES string of the molecule is O=C(/C=N\Nc1cccc(O)c1)c1cccc([N+](=O)[O-])c1. The molecule has 106 valence electrons. The standard InChI is InChI=1S/C14H11N3O4/c18-13-6-2-4-11(8-13)16-15-9-14(19)10-3-1-5-12(7-10)17(20)21/h1-9,16,18H/b15-9-. The molecule has 0 saturated carbocycles. The van der Waals surface area contributed by atoms with E-state index in [-0.39, 0.29) is 17.0 Å². The normalized spacial score (nSPS) is 10.5. The van der Waals surface area contributed by atoms with Crippen molar-refractivity contribution in [1.82, 2.24) is 0 Å². The van der Waals surface area contributed by atoms with E-state index in [4.69, 9.17) is 0 Å². The van der Waals surface area contributed by atoms with Crippen LogP contribution in [0.5, 0.6) is 5.75 Å². The molecular weight excluding hydrogens is 274 g/mol. The van der Waals surface area contributed by atoms with Crippen LogP contribution < -0.4 is 5.43 Å². The predicted molar refractivity (Wildman–Crippen MR) is 77.6 cm³/mol. The molecule has 0 atom stereocenters. The first-order valence-corrected chi connectivity index (χ1v) is 5.93. The van der Waals surface area contributed by atoms with Crippen molar-refractivity contribution < 1.29 is 14.8 Å². The molecule has 0 aliphatic carbocycles. The third-order valence-electron chi connectivity index (χ3n) is 2.56. The van der Waals surface area contributed by atoms with Crippen LogP contribution in [0.1, 0.15) is 10.4 Å². The van der Waals surface area contributed by atoms with Crippen LogP contribution in [-0.2, 0) is 0 Å². The lowest BCUT2D eigenvalue weighted by Gasteiger charge is -2.00. The van der Waals surface area contributed by atoms with Gasteiger partial charge in [-0.25, -0.2) is 0 Å². The van der Waals surface area contributed by atoms with E-state index in [9.17, 15) is 20.0 Å². The van der Waals surface area contributed by atoms with Crippen LogP contribution >= 0.6 is 0 Å². The summed E-state index contributed by atoms with van der Waals surface area (Å²) in [6.45, 7) is 0. The topological polar surface area (TPSA) is 105 Å². The number of nitro benzene ring substituents is 1. The van der Waals surface area contributed by atoms with Crippen molar-refractivity contribution in [3.63, 3.8) is 0 Å². The maximum absolute atomic E-state index is 11.8. The summed E-state index contributed by atoms with van der Waals surface area (Å²) in [6, 6.07) is 11.6. The number of hydrogen-bond donors (Lipinski definition) is 2. The minimum Gasteiger partial charge on any atom is -0.508 e. The lowest BCUT2D eigenvalue weighted by atomic mass is 10.1. The molecule has 7 heteroatoms. The number of phenols is 1. The Morgan fingerprint density at radius 3 is 2.71 bits per heavy atom. The number of aromatic hydroxyl groups is 1. The van der Waals surface area contributed by atoms with Crippen molar-refractivity contribution in [1.29, 1.82) is 0 Å². The van der Waals surface area contributed by atoms with Crippen molar-refractivity contribution in [3.8, 4) is 5.75 Å². The second-order valence-electron chi connectivity index (χ2n) is 4.09. The fourth-order valence-electron chi connectivity index (χ4n) is 1.59. The molecule has 2 rings (SSSR count). The first-order valence-electron chi connectivity index (χ1n) is 5.93. The maximum Gasteiger partial charge on any atom is 0.270 e. The summed E-state index contributed by atoms with van der Waals surface area (Å²) in [7, 11) is 0. The molecule has 0 fully saturated rings. The Labute approximate surface area is 119 Å². The van der Waals surface area contributed by atoms with Crippen LogP contribution in [0.15, 0.2) is 53.6 Å². The van der Waals surface area contributed by atoms with E-state index < -0.39 is 10.7 Å². The lowest BCUT2D eigenvalue weighted by molar-refractivity contribution is -0.384. The number of ketones is 1. The van der Waals surface area contributed by atoms with Crippen molar-refractivity contribution in [2.45, 2.75) is 0 Å². The van der Waals surface area contributed by atoms with Crippen LogP contribution in [-0.4, -0.2) is 22.0 Å². The van der Waals surface area contributed by atoms with Gasteiger partial charge in [-0.05, 0) is 12.1 Å². The minimum atomic E-state index is -0.571. The molecule has 21 heavy (non-hydrogen) atoms. The highest BCUT2D eigenvalue weighted by Crippen LogP contribution is 2.15. The van der Waals surface area contributed by atoms with Crippen LogP contribution in [0.25, 0.3) is 0 Å². The molecule has 0 aromatic heterocycles. The molecular formula is C14H11N3O4. The first-order chi connectivity index (χ1) is 10.1. The van der Waals surface area contributed by atoms with E-state index >= 15 is 0 Å². The number of anilines is 1. The second-order valence-corrected chi connectivity index (χ2v) is 4.09. The number of non-ortho nitro benzene ring substituents is 1. The molecule has 0 saturated heterocycles. The Bertz CT molecular complexity index is 713. The second kappa shape index (κ2) is 6.29. The molecule has 0 spiro atoms. The highest BCUT2D eigenvalue weighted by molar-refractivity contribution is 6.35. The number of nitrogens with one attached hydrogen (secondary N) is 1. The zero-order chi connectivity index (χ0) is 15.2. The zero-order valence-electron chi connectivity index (χ0n) is 10.8. The number of carbonyl (C=O) groups is 1. The molecule has 0 heterocycles. The molecule has 2 aromatic rings. The average molecular weight is 285 g/mol. The molecule has 7 nitrogen and oxygen atoms in total. The summed E-state index contributed by atoms with van der Waals surface area (Å²) in [6.07, 6.45) is 1.02. The van der Waals surface area contributed by atoms with Crippen LogP contribution in [0.3, 0.4) is 0 Å². The zero-order valence-corrected chi connectivity index (χ0v) is 10.8. The van der Waals surface area contributed by atoms with E-state index in [1.165, 1.54) is 36.4 Å². The average Bonchev–Trinajstić information content (AvgIpc) is 2.47. The number of hydrogen-bond acceptors (Lipinski definition) is 6. The smallest absolute Gasteiger partial charge is 0.270 e. The van der Waals surface area contributed by atoms with Gasteiger partial charge in [0.2, 0.25) is 5.78 Å². The van der Waals surface area contributed by atoms with E-state index in [1.807, 2.05) is 0 Å². The van der Waals surface area contributed by atoms with Gasteiger partial charge < -0.3 is 5.11 Å². The van der Waals surface area contributed by atoms with Gasteiger partial charge in [-0.2, -0.15) is 5.10 Å². The lowest BCUT2D eigenvalue weighted by Crippen LogP contribution is -2.03. The number of hydrazone groups is 1. The van der Waals surface area contributed by atoms with Gasteiger partial charge >= 0.3 is 0 Å². The number of nitrogens with zero attached hydrogens (tertiary/aromatic N) is 2. The van der Waals surface area contributed by atoms with Crippen molar-refractivity contribution in [2.24, 2.45) is 5.10 Å². The monoisotopic (exact) mass is 285 g/mol. The fraction of sp³-hybridized carbons (Fsp3) is 0. The van der Waals surface area contributed by atoms with E-state index in [0.29, 0.717) is 5.69 Å². The molecule has 0 unspecified atom stereocenters. The number of carbonyl (C=O) groups excluding carboxylic acids is 1. The van der Waals surface area contributed by atoms with Crippen molar-refractivity contribution in [3.05, 3.63) is 64.2 Å². The first kappa shape index (κ1) is 14.2. The van der Waals surface area contributed by atoms with E-state index in [2.05, 4.69) is 10.5 Å². The van der Waals surface area contributed by atoms with Crippen LogP contribution in [0.4, 0.5) is 11.4 Å². The Kier molecular flexibility index (Phi) is 4.25. The summed E-state index contributed by atoms with van der Waals surface area (Å²) in [5, 5.41) is 23.6. The molecule has 0 aliphatic rings. The van der Waals surface area contributed by atoms with Crippen molar-refractivity contribution in [2.75, 3.05) is 5.43 Å². The highest BCUT2D eigenvalue weighted by atomic mass is 16.6. The summed E-state index contributed by atoms with van der Waals surface area (Å²) in [5.41, 5.74) is 3.11. The highest BCUT2D eigenvalue weighted by Gasteiger charge is 2.09. The fourth-order valence-corrected chi connectivity index (χ4v) is 1.59. The largest absolute Gasteiger partial charge is 0.508 e. The molecule has 0 aliphatic heterocycles. The molecule has 2 N–H and O–H groups in total. The maximum atomic E-state index is 11.8. The van der Waals surface area contributed by atoms with Gasteiger partial charge in [0.25, 0.3) is 5.69 Å². The number of nitro groups is 1. The number of phenolic OH excluding ortho intramolecular Hbond substituents is 1. The molecule has 2 aromatic carbocycles. The van der Waals surface area contributed by atoms with Gasteiger partial charge in [-0.1, -0.05) is 18.2 Å². The van der Waals surface area contributed by atoms with Gasteiger partial charge in [0.1, 0.15) is 5.75 Å². The summed E-state index contributed by atoms with van der Waals surface area (Å²) in [4.78, 5) is 21.9. The summed E-state index contributed by atoms with van der Waals surface area (Å²) >= 11 is 0. The minimum absolute atomic E-state index is 0.0696. The van der Waals surface area contributed by atoms with Crippen molar-refractivity contribution >= 4 is 23.4 Å². The third kappa shape index (κ3) is 3.87. The number of Topliss-reactive ketones (excluding diaryl/α,β-unsaturated/α-hetero) is 1. The summed E-state index contributed by atoms with van der Waals surface area (Å²) < 4.78 is 0. The van der Waals surface area contributed by atoms with Crippen LogP contribution in [0, 0.1) is 10.1 Å². The van der Waals surface area contributed by atoms with Gasteiger partial charge in [0, 0.05) is 23.8 Å². The number of benzene rings is 2. The molecule has 0 amide bonds. The Balaban J connectivity index is 2.05. The Morgan fingerprint density at radius 2 is 2.00 bits per heavy atom. The Hall–Kier alpha value is -3.22. The summed E-state index contributed by atoms with van der Waals surface area (Å²) in [5.74, 6) is -0.397. The van der Waals surface area contributed by atoms with Gasteiger partial charge in [0.05, 0.1) is 16.8 Å². The third-order valence-corrected chi connectivity index (χ3v) is 2.56. The number of rotatable bonds is 5. The van der Waals surface area contributed by atoms with Gasteiger partial charge in [-0.15, -0.1) is 0 Å². The Morgan fingerprint density at radius 1 is 1.24 bits per heavy atom. The predicted octanol–water partition coefficient (Wildman–Crippen LogP) is 2.58. The molecule has 0 bridgehead atoms. The van der Waals surface area contributed by atoms with E-state index in [1.54, 1.807) is 12.1 Å². The molecule has 0 radical (unpaired) electrons. The van der Waals surface area contributed by atoms with Gasteiger partial charge in [0.15, 0.2) is 0 Å².